The quantitative estimate of drug-likeness (QED) is 0.0465. The van der Waals surface area contributed by atoms with Crippen LogP contribution >= 0.6 is 0 Å². The molecule has 3 N–H and O–H groups in total. The van der Waals surface area contributed by atoms with Crippen molar-refractivity contribution in [1.82, 2.24) is 5.32 Å². The fraction of sp³-hybridized carbons (Fsp3) is 0.705. The molecular formula is C44H77NO3. The standard InChI is InChI=1S/C44H77NO3/c1-3-5-7-9-11-13-15-16-17-18-19-20-21-22-23-24-25-26-27-28-30-32-34-36-38-40-44(48)45-42(41-46)43(47)39-37-35-33-31-29-14-12-10-8-6-4-2/h5,7,11,13,16-17,19-20,29,31,37,39,42-43,46-47H,3-4,6,8-10,12,14-15,18,21-28,30,32-36,38,40-41H2,1-2H3,(H,45,48)/b7-5-,13-11-,17-16-,20-19-,31-29+,39-37+. The second-order valence-corrected chi connectivity index (χ2v) is 13.3. The minimum Gasteiger partial charge on any atom is -0.394 e. The van der Waals surface area contributed by atoms with Crippen molar-refractivity contribution >= 4 is 5.91 Å². The van der Waals surface area contributed by atoms with E-state index in [2.05, 4.69) is 79.9 Å². The van der Waals surface area contributed by atoms with Gasteiger partial charge < -0.3 is 15.5 Å². The van der Waals surface area contributed by atoms with Crippen LogP contribution < -0.4 is 5.32 Å². The Kier molecular flexibility index (Phi) is 37.5. The molecule has 0 aromatic rings. The molecule has 4 heteroatoms. The van der Waals surface area contributed by atoms with Crippen molar-refractivity contribution in [3.05, 3.63) is 72.9 Å². The molecule has 0 spiro atoms. The van der Waals surface area contributed by atoms with E-state index in [1.165, 1.54) is 103 Å². The molecule has 1 amide bonds. The van der Waals surface area contributed by atoms with Crippen molar-refractivity contribution in [2.45, 2.75) is 193 Å². The van der Waals surface area contributed by atoms with E-state index in [0.717, 1.165) is 57.8 Å². The van der Waals surface area contributed by atoms with Crippen LogP contribution in [0.25, 0.3) is 0 Å². The minimum atomic E-state index is -0.863. The molecule has 0 aliphatic heterocycles. The molecule has 0 saturated heterocycles. The van der Waals surface area contributed by atoms with E-state index in [-0.39, 0.29) is 12.5 Å². The molecule has 0 aromatic heterocycles. The third kappa shape index (κ3) is 35.1. The van der Waals surface area contributed by atoms with Crippen molar-refractivity contribution in [1.29, 1.82) is 0 Å². The highest BCUT2D eigenvalue weighted by molar-refractivity contribution is 5.76. The van der Waals surface area contributed by atoms with Crippen molar-refractivity contribution in [3.8, 4) is 0 Å². The number of allylic oxidation sites excluding steroid dienone is 11. The van der Waals surface area contributed by atoms with Crippen LogP contribution in [-0.4, -0.2) is 34.9 Å². The topological polar surface area (TPSA) is 69.6 Å². The Morgan fingerprint density at radius 2 is 0.938 bits per heavy atom. The van der Waals surface area contributed by atoms with E-state index in [0.29, 0.717) is 6.42 Å². The predicted molar refractivity (Wildman–Crippen MR) is 211 cm³/mol. The van der Waals surface area contributed by atoms with Crippen LogP contribution in [0.5, 0.6) is 0 Å². The summed E-state index contributed by atoms with van der Waals surface area (Å²) < 4.78 is 0. The van der Waals surface area contributed by atoms with Crippen LogP contribution in [-0.2, 0) is 4.79 Å². The highest BCUT2D eigenvalue weighted by Crippen LogP contribution is 2.13. The highest BCUT2D eigenvalue weighted by atomic mass is 16.3. The molecule has 0 aliphatic carbocycles. The predicted octanol–water partition coefficient (Wildman–Crippen LogP) is 12.3. The maximum absolute atomic E-state index is 12.3. The molecule has 0 rings (SSSR count). The van der Waals surface area contributed by atoms with Crippen LogP contribution in [0.1, 0.15) is 181 Å². The Labute approximate surface area is 298 Å². The fourth-order valence-corrected chi connectivity index (χ4v) is 5.59. The Bertz CT molecular complexity index is 853. The van der Waals surface area contributed by atoms with Crippen LogP contribution in [0, 0.1) is 0 Å². The third-order valence-corrected chi connectivity index (χ3v) is 8.67. The van der Waals surface area contributed by atoms with Crippen molar-refractivity contribution < 1.29 is 15.0 Å². The molecule has 0 aromatic carbocycles. The molecule has 2 unspecified atom stereocenters. The molecule has 0 radical (unpaired) electrons. The molecule has 2 atom stereocenters. The minimum absolute atomic E-state index is 0.0816. The SMILES string of the molecule is CC/C=C\C/C=C\C/C=C\C/C=C\CCCCCCCCCCCCCCC(=O)NC(CO)C(O)/C=C/CC/C=C/CCCCCCC. The molecule has 0 fully saturated rings. The summed E-state index contributed by atoms with van der Waals surface area (Å²) in [6.45, 7) is 4.14. The van der Waals surface area contributed by atoms with Gasteiger partial charge in [0.25, 0.3) is 0 Å². The lowest BCUT2D eigenvalue weighted by Gasteiger charge is -2.19. The third-order valence-electron chi connectivity index (χ3n) is 8.67. The van der Waals surface area contributed by atoms with Gasteiger partial charge in [0.15, 0.2) is 0 Å². The second kappa shape index (κ2) is 39.3. The summed E-state index contributed by atoms with van der Waals surface area (Å²) in [5.41, 5.74) is 0. The van der Waals surface area contributed by atoms with Gasteiger partial charge in [-0.05, 0) is 70.6 Å². The van der Waals surface area contributed by atoms with Gasteiger partial charge in [-0.1, -0.05) is 177 Å². The van der Waals surface area contributed by atoms with Crippen molar-refractivity contribution in [2.75, 3.05) is 6.61 Å². The number of rotatable bonds is 35. The summed E-state index contributed by atoms with van der Waals surface area (Å²) in [6, 6.07) is -0.641. The van der Waals surface area contributed by atoms with Gasteiger partial charge >= 0.3 is 0 Å². The van der Waals surface area contributed by atoms with Gasteiger partial charge in [0.1, 0.15) is 0 Å². The largest absolute Gasteiger partial charge is 0.394 e. The zero-order valence-electron chi connectivity index (χ0n) is 31.5. The number of aliphatic hydroxyl groups excluding tert-OH is 2. The van der Waals surface area contributed by atoms with Gasteiger partial charge in [-0.15, -0.1) is 0 Å². The van der Waals surface area contributed by atoms with E-state index in [9.17, 15) is 15.0 Å². The maximum atomic E-state index is 12.3. The van der Waals surface area contributed by atoms with Gasteiger partial charge in [0.05, 0.1) is 18.8 Å². The number of amides is 1. The monoisotopic (exact) mass is 668 g/mol. The average molecular weight is 668 g/mol. The van der Waals surface area contributed by atoms with E-state index in [4.69, 9.17) is 0 Å². The maximum Gasteiger partial charge on any atom is 0.220 e. The Balaban J connectivity index is 3.59. The first-order valence-corrected chi connectivity index (χ1v) is 20.2. The highest BCUT2D eigenvalue weighted by Gasteiger charge is 2.17. The summed E-state index contributed by atoms with van der Waals surface area (Å²) in [6.07, 6.45) is 55.7. The Morgan fingerprint density at radius 3 is 1.46 bits per heavy atom. The van der Waals surface area contributed by atoms with Crippen molar-refractivity contribution in [2.24, 2.45) is 0 Å². The lowest BCUT2D eigenvalue weighted by Crippen LogP contribution is -2.45. The molecule has 4 nitrogen and oxygen atoms in total. The Morgan fingerprint density at radius 1 is 0.521 bits per heavy atom. The molecule has 0 bridgehead atoms. The molecule has 276 valence electrons. The Hall–Kier alpha value is -2.17. The second-order valence-electron chi connectivity index (χ2n) is 13.3. The normalized spacial score (nSPS) is 13.8. The molecule has 0 saturated carbocycles. The summed E-state index contributed by atoms with van der Waals surface area (Å²) >= 11 is 0. The lowest BCUT2D eigenvalue weighted by atomic mass is 10.0. The van der Waals surface area contributed by atoms with Gasteiger partial charge in [-0.2, -0.15) is 0 Å². The molecule has 0 aliphatic rings. The first kappa shape index (κ1) is 45.8. The van der Waals surface area contributed by atoms with E-state index >= 15 is 0 Å². The smallest absolute Gasteiger partial charge is 0.220 e. The van der Waals surface area contributed by atoms with Crippen molar-refractivity contribution in [3.63, 3.8) is 0 Å². The summed E-state index contributed by atoms with van der Waals surface area (Å²) in [4.78, 5) is 12.3. The number of unbranched alkanes of at least 4 members (excludes halogenated alkanes) is 18. The van der Waals surface area contributed by atoms with Crippen LogP contribution in [0.2, 0.25) is 0 Å². The molecular weight excluding hydrogens is 590 g/mol. The molecule has 48 heavy (non-hydrogen) atoms. The number of hydrogen-bond donors (Lipinski definition) is 3. The average Bonchev–Trinajstić information content (AvgIpc) is 3.09. The van der Waals surface area contributed by atoms with Gasteiger partial charge in [-0.3, -0.25) is 4.79 Å². The number of nitrogens with one attached hydrogen (secondary N) is 1. The lowest BCUT2D eigenvalue weighted by molar-refractivity contribution is -0.123. The van der Waals surface area contributed by atoms with E-state index < -0.39 is 12.1 Å². The summed E-state index contributed by atoms with van der Waals surface area (Å²) in [5.74, 6) is -0.0816. The zero-order chi connectivity index (χ0) is 35.0. The molecule has 0 heterocycles. The zero-order valence-corrected chi connectivity index (χ0v) is 31.5. The first-order chi connectivity index (χ1) is 23.7. The number of carbonyl (C=O) groups is 1. The first-order valence-electron chi connectivity index (χ1n) is 20.2. The fourth-order valence-electron chi connectivity index (χ4n) is 5.59. The van der Waals surface area contributed by atoms with Gasteiger partial charge in [0.2, 0.25) is 5.91 Å². The van der Waals surface area contributed by atoms with Gasteiger partial charge in [-0.25, -0.2) is 0 Å². The number of aliphatic hydroxyl groups is 2. The summed E-state index contributed by atoms with van der Waals surface area (Å²) in [5, 5.41) is 22.9. The van der Waals surface area contributed by atoms with Crippen LogP contribution in [0.15, 0.2) is 72.9 Å². The van der Waals surface area contributed by atoms with Crippen LogP contribution in [0.3, 0.4) is 0 Å². The number of hydrogen-bond acceptors (Lipinski definition) is 3. The van der Waals surface area contributed by atoms with Crippen LogP contribution in [0.4, 0.5) is 0 Å². The van der Waals surface area contributed by atoms with E-state index in [1.807, 2.05) is 6.08 Å². The summed E-state index contributed by atoms with van der Waals surface area (Å²) in [7, 11) is 0. The van der Waals surface area contributed by atoms with Gasteiger partial charge in [0, 0.05) is 6.42 Å². The number of carbonyl (C=O) groups excluding carboxylic acids is 1. The van der Waals surface area contributed by atoms with E-state index in [1.54, 1.807) is 6.08 Å².